The van der Waals surface area contributed by atoms with E-state index in [-0.39, 0.29) is 5.75 Å². The van der Waals surface area contributed by atoms with Crippen LogP contribution in [0.4, 0.5) is 0 Å². The molecule has 4 nitrogen and oxygen atoms in total. The fraction of sp³-hybridized carbons (Fsp3) is 0. The van der Waals surface area contributed by atoms with Gasteiger partial charge >= 0.3 is 0 Å². The minimum Gasteiger partial charge on any atom is -0.507 e. The number of fused-ring (bicyclic) bond motifs is 2. The zero-order valence-corrected chi connectivity index (χ0v) is 17.2. The highest BCUT2D eigenvalue weighted by molar-refractivity contribution is 6.00. The Morgan fingerprint density at radius 2 is 1.16 bits per heavy atom. The van der Waals surface area contributed by atoms with Crippen LogP contribution < -0.4 is 0 Å². The lowest BCUT2D eigenvalue weighted by atomic mass is 10.0. The molecule has 152 valence electrons. The summed E-state index contributed by atoms with van der Waals surface area (Å²) in [5.41, 5.74) is 2.60. The molecule has 0 aliphatic carbocycles. The largest absolute Gasteiger partial charge is 0.507 e. The quantitative estimate of drug-likeness (QED) is 0.355. The van der Waals surface area contributed by atoms with Crippen molar-refractivity contribution in [1.29, 1.82) is 0 Å². The zero-order valence-electron chi connectivity index (χ0n) is 17.2. The van der Waals surface area contributed by atoms with Crippen LogP contribution in [-0.4, -0.2) is 19.9 Å². The topological polar surface area (TPSA) is 50.9 Å². The molecular formula is C28H19N3O. The molecule has 0 aliphatic heterocycles. The van der Waals surface area contributed by atoms with Crippen LogP contribution in [0.5, 0.6) is 5.75 Å². The number of aromatic nitrogens is 3. The molecule has 0 saturated heterocycles. The van der Waals surface area contributed by atoms with Crippen LogP contribution in [-0.2, 0) is 0 Å². The fourth-order valence-electron chi connectivity index (χ4n) is 4.36. The predicted molar refractivity (Wildman–Crippen MR) is 129 cm³/mol. The molecule has 1 N–H and O–H groups in total. The number of phenolic OH excluding ortho intramolecular Hbond substituents is 1. The fourth-order valence-corrected chi connectivity index (χ4v) is 4.36. The molecule has 0 aliphatic rings. The molecular weight excluding hydrogens is 394 g/mol. The van der Waals surface area contributed by atoms with Crippen molar-refractivity contribution in [3.63, 3.8) is 0 Å². The van der Waals surface area contributed by atoms with Gasteiger partial charge in [-0.25, -0.2) is 0 Å². The molecule has 0 amide bonds. The van der Waals surface area contributed by atoms with Gasteiger partial charge in [-0.05, 0) is 39.7 Å². The van der Waals surface area contributed by atoms with E-state index in [4.69, 9.17) is 0 Å². The molecule has 5 aromatic carbocycles. The lowest BCUT2D eigenvalue weighted by molar-refractivity contribution is 0.477. The van der Waals surface area contributed by atoms with Crippen molar-refractivity contribution < 1.29 is 5.11 Å². The first-order valence-electron chi connectivity index (χ1n) is 10.5. The van der Waals surface area contributed by atoms with Crippen LogP contribution in [0.2, 0.25) is 0 Å². The Bertz CT molecular complexity index is 1580. The van der Waals surface area contributed by atoms with Gasteiger partial charge in [-0.15, -0.1) is 10.2 Å². The Labute approximate surface area is 185 Å². The molecule has 0 spiro atoms. The van der Waals surface area contributed by atoms with E-state index >= 15 is 0 Å². The Kier molecular flexibility index (Phi) is 4.22. The second-order valence-electron chi connectivity index (χ2n) is 7.73. The summed E-state index contributed by atoms with van der Waals surface area (Å²) in [5.74, 6) is 1.52. The third-order valence-electron chi connectivity index (χ3n) is 5.84. The summed E-state index contributed by atoms with van der Waals surface area (Å²) in [6, 6.07) is 36.2. The summed E-state index contributed by atoms with van der Waals surface area (Å²) in [6.45, 7) is 0. The van der Waals surface area contributed by atoms with E-state index in [2.05, 4.69) is 34.5 Å². The third kappa shape index (κ3) is 2.85. The number of benzene rings is 5. The van der Waals surface area contributed by atoms with Crippen molar-refractivity contribution in [2.24, 2.45) is 0 Å². The molecule has 1 aromatic heterocycles. The SMILES string of the molecule is Oc1ccc2ccccc2c1-c1nnc(-c2cccc3ccccc23)n1-c1ccccc1. The highest BCUT2D eigenvalue weighted by atomic mass is 16.3. The van der Waals surface area contributed by atoms with Gasteiger partial charge in [0.25, 0.3) is 0 Å². The molecule has 0 unspecified atom stereocenters. The van der Waals surface area contributed by atoms with Gasteiger partial charge in [0, 0.05) is 11.3 Å². The van der Waals surface area contributed by atoms with Crippen molar-refractivity contribution in [2.45, 2.75) is 0 Å². The molecule has 0 saturated carbocycles. The molecule has 6 aromatic rings. The first kappa shape index (κ1) is 18.3. The standard InChI is InChI=1S/C28H19N3O/c32-25-18-17-20-10-5-7-15-23(20)26(25)28-30-29-27(31(28)21-12-2-1-3-13-21)24-16-8-11-19-9-4-6-14-22(19)24/h1-18,32H. The highest BCUT2D eigenvalue weighted by Gasteiger charge is 2.22. The van der Waals surface area contributed by atoms with Crippen molar-refractivity contribution in [2.75, 3.05) is 0 Å². The van der Waals surface area contributed by atoms with Crippen molar-refractivity contribution in [3.8, 4) is 34.2 Å². The monoisotopic (exact) mass is 413 g/mol. The van der Waals surface area contributed by atoms with Gasteiger partial charge in [0.1, 0.15) is 5.75 Å². The first-order valence-corrected chi connectivity index (χ1v) is 10.5. The van der Waals surface area contributed by atoms with Crippen LogP contribution in [0.3, 0.4) is 0 Å². The Balaban J connectivity index is 1.71. The summed E-state index contributed by atoms with van der Waals surface area (Å²) in [5, 5.41) is 24.4. The van der Waals surface area contributed by atoms with E-state index in [0.29, 0.717) is 11.4 Å². The Morgan fingerprint density at radius 3 is 1.97 bits per heavy atom. The second kappa shape index (κ2) is 7.36. The molecule has 1 heterocycles. The number of aromatic hydroxyl groups is 1. The average molecular weight is 413 g/mol. The van der Waals surface area contributed by atoms with Gasteiger partial charge in [0.05, 0.1) is 5.56 Å². The van der Waals surface area contributed by atoms with E-state index in [1.165, 1.54) is 0 Å². The van der Waals surface area contributed by atoms with Crippen LogP contribution in [0, 0.1) is 0 Å². The van der Waals surface area contributed by atoms with Crippen LogP contribution >= 0.6 is 0 Å². The van der Waals surface area contributed by atoms with Crippen molar-refractivity contribution in [3.05, 3.63) is 109 Å². The predicted octanol–water partition coefficient (Wildman–Crippen LogP) is 6.61. The van der Waals surface area contributed by atoms with Crippen LogP contribution in [0.25, 0.3) is 50.0 Å². The number of hydrogen-bond acceptors (Lipinski definition) is 3. The lowest BCUT2D eigenvalue weighted by Crippen LogP contribution is -2.01. The van der Waals surface area contributed by atoms with Gasteiger partial charge in [-0.1, -0.05) is 91.0 Å². The number of nitrogens with zero attached hydrogens (tertiary/aromatic N) is 3. The number of phenols is 1. The average Bonchev–Trinajstić information content (AvgIpc) is 3.28. The molecule has 0 bridgehead atoms. The van der Waals surface area contributed by atoms with E-state index in [9.17, 15) is 5.11 Å². The maximum atomic E-state index is 10.9. The normalized spacial score (nSPS) is 11.2. The number of rotatable bonds is 3. The smallest absolute Gasteiger partial charge is 0.173 e. The molecule has 0 radical (unpaired) electrons. The summed E-state index contributed by atoms with van der Waals surface area (Å²) in [7, 11) is 0. The zero-order chi connectivity index (χ0) is 21.5. The van der Waals surface area contributed by atoms with Gasteiger partial charge in [-0.3, -0.25) is 4.57 Å². The number of hydrogen-bond donors (Lipinski definition) is 1. The summed E-state index contributed by atoms with van der Waals surface area (Å²) in [4.78, 5) is 0. The molecule has 32 heavy (non-hydrogen) atoms. The van der Waals surface area contributed by atoms with Crippen LogP contribution in [0.15, 0.2) is 109 Å². The van der Waals surface area contributed by atoms with Gasteiger partial charge in [0.2, 0.25) is 0 Å². The van der Waals surface area contributed by atoms with Gasteiger partial charge in [-0.2, -0.15) is 0 Å². The lowest BCUT2D eigenvalue weighted by Gasteiger charge is -2.14. The van der Waals surface area contributed by atoms with E-state index in [1.54, 1.807) is 6.07 Å². The van der Waals surface area contributed by atoms with E-state index in [0.717, 1.165) is 38.6 Å². The molecule has 0 atom stereocenters. The molecule has 4 heteroatoms. The third-order valence-corrected chi connectivity index (χ3v) is 5.84. The van der Waals surface area contributed by atoms with Crippen molar-refractivity contribution >= 4 is 21.5 Å². The number of para-hydroxylation sites is 1. The minimum atomic E-state index is 0.178. The van der Waals surface area contributed by atoms with Gasteiger partial charge < -0.3 is 5.11 Å². The van der Waals surface area contributed by atoms with Crippen LogP contribution in [0.1, 0.15) is 0 Å². The highest BCUT2D eigenvalue weighted by Crippen LogP contribution is 2.39. The van der Waals surface area contributed by atoms with Crippen molar-refractivity contribution in [1.82, 2.24) is 14.8 Å². The first-order chi connectivity index (χ1) is 15.8. The maximum Gasteiger partial charge on any atom is 0.173 e. The van der Waals surface area contributed by atoms with Gasteiger partial charge in [0.15, 0.2) is 11.6 Å². The Morgan fingerprint density at radius 1 is 0.531 bits per heavy atom. The summed E-state index contributed by atoms with van der Waals surface area (Å²) >= 11 is 0. The van der Waals surface area contributed by atoms with E-state index in [1.807, 2.05) is 83.4 Å². The van der Waals surface area contributed by atoms with E-state index < -0.39 is 0 Å². The molecule has 0 fully saturated rings. The summed E-state index contributed by atoms with van der Waals surface area (Å²) < 4.78 is 2.03. The Hall–Kier alpha value is -4.44. The minimum absolute atomic E-state index is 0.178. The molecule has 6 rings (SSSR count). The second-order valence-corrected chi connectivity index (χ2v) is 7.73. The maximum absolute atomic E-state index is 10.9. The summed E-state index contributed by atoms with van der Waals surface area (Å²) in [6.07, 6.45) is 0.